The van der Waals surface area contributed by atoms with Gasteiger partial charge in [-0.1, -0.05) is 65.5 Å². The molecule has 0 radical (unpaired) electrons. The third-order valence-corrected chi connectivity index (χ3v) is 8.87. The van der Waals surface area contributed by atoms with E-state index in [1.165, 1.54) is 12.3 Å². The van der Waals surface area contributed by atoms with Gasteiger partial charge in [-0.15, -0.1) is 0 Å². The summed E-state index contributed by atoms with van der Waals surface area (Å²) in [7, 11) is 1.71. The molecule has 1 fully saturated rings. The van der Waals surface area contributed by atoms with Crippen LogP contribution in [0.3, 0.4) is 0 Å². The van der Waals surface area contributed by atoms with E-state index < -0.39 is 24.2 Å². The van der Waals surface area contributed by atoms with Crippen LogP contribution in [-0.2, 0) is 10.3 Å². The number of likely N-dealkylation sites (N-methyl/N-ethyl adjacent to an activating group) is 1. The first-order chi connectivity index (χ1) is 25.4. The maximum absolute atomic E-state index is 15.4. The SMILES string of the molecule is C=C/C(=C\N(C)[C@H](O)CNC/N=C\C(=C/CCC)N1CCN(OC(C)(C)C)CC1)C(=C)/C(CO)=C(\C=C/C)n1ncc2cc(C(C)(C)C)cc(F)c2c1=O. The standard InChI is InChI=1S/C42H62FN7O4/c1-12-15-17-34(48-18-20-49(21-19-48)54-42(8,9)10)25-44-29-45-26-38(52)47(11)27-31(14-3)30(4)35(28-51)37(16-13-2)50-40(53)39-32(24-46-50)22-33(23-36(39)43)41(5,6)7/h13-14,16-17,22-25,27,38,45,51-52H,3-4,12,15,18-21,26,28-29H2,1-2,5-11H3/b16-13-,31-27+,34-17+,37-35+,44-25-/t38-/m1/s1. The highest BCUT2D eigenvalue weighted by Gasteiger charge is 2.24. The van der Waals surface area contributed by atoms with Crippen molar-refractivity contribution in [3.8, 4) is 0 Å². The summed E-state index contributed by atoms with van der Waals surface area (Å²) >= 11 is 0. The van der Waals surface area contributed by atoms with Gasteiger partial charge in [-0.3, -0.25) is 19.9 Å². The fourth-order valence-electron chi connectivity index (χ4n) is 5.88. The molecule has 3 N–H and O–H groups in total. The first kappa shape index (κ1) is 44.2. The second kappa shape index (κ2) is 19.9. The van der Waals surface area contributed by atoms with E-state index >= 15 is 4.39 Å². The summed E-state index contributed by atoms with van der Waals surface area (Å²) in [5, 5.41) is 31.4. The Kier molecular flexibility index (Phi) is 16.3. The van der Waals surface area contributed by atoms with Gasteiger partial charge in [0.2, 0.25) is 0 Å². The number of halogens is 1. The van der Waals surface area contributed by atoms with Crippen molar-refractivity contribution < 1.29 is 19.4 Å². The van der Waals surface area contributed by atoms with Crippen molar-refractivity contribution in [3.05, 3.63) is 106 Å². The molecule has 0 unspecified atom stereocenters. The van der Waals surface area contributed by atoms with Gasteiger partial charge < -0.3 is 20.0 Å². The summed E-state index contributed by atoms with van der Waals surface area (Å²) in [6.07, 6.45) is 13.1. The molecule has 54 heavy (non-hydrogen) atoms. The van der Waals surface area contributed by atoms with Gasteiger partial charge in [0, 0.05) is 63.1 Å². The minimum Gasteiger partial charge on any atom is -0.392 e. The van der Waals surface area contributed by atoms with Crippen LogP contribution in [0.4, 0.5) is 4.39 Å². The Morgan fingerprint density at radius 2 is 1.87 bits per heavy atom. The highest BCUT2D eigenvalue weighted by molar-refractivity contribution is 5.83. The van der Waals surface area contributed by atoms with Crippen molar-refractivity contribution in [2.45, 2.75) is 85.5 Å². The molecule has 1 aromatic heterocycles. The molecule has 1 aliphatic heterocycles. The second-order valence-corrected chi connectivity index (χ2v) is 15.4. The molecule has 2 heterocycles. The van der Waals surface area contributed by atoms with Crippen LogP contribution >= 0.6 is 0 Å². The summed E-state index contributed by atoms with van der Waals surface area (Å²) in [6.45, 7) is 27.4. The number of aliphatic hydroxyl groups is 2. The van der Waals surface area contributed by atoms with Crippen molar-refractivity contribution >= 4 is 22.7 Å². The molecule has 0 spiro atoms. The lowest BCUT2D eigenvalue weighted by atomic mass is 9.86. The first-order valence-electron chi connectivity index (χ1n) is 18.7. The van der Waals surface area contributed by atoms with Crippen LogP contribution < -0.4 is 10.9 Å². The van der Waals surface area contributed by atoms with Crippen molar-refractivity contribution in [1.82, 2.24) is 30.0 Å². The molecular formula is C42H62FN7O4. The number of benzene rings is 1. The number of nitrogens with one attached hydrogen (secondary N) is 1. The van der Waals surface area contributed by atoms with Gasteiger partial charge in [-0.05, 0) is 74.4 Å². The third-order valence-electron chi connectivity index (χ3n) is 8.87. The monoisotopic (exact) mass is 747 g/mol. The van der Waals surface area contributed by atoms with Gasteiger partial charge >= 0.3 is 0 Å². The van der Waals surface area contributed by atoms with Crippen LogP contribution in [0.5, 0.6) is 0 Å². The quantitative estimate of drug-likeness (QED) is 0.0760. The van der Waals surface area contributed by atoms with Gasteiger partial charge in [-0.25, -0.2) is 4.39 Å². The zero-order valence-corrected chi connectivity index (χ0v) is 33.8. The van der Waals surface area contributed by atoms with Crippen LogP contribution in [0.2, 0.25) is 0 Å². The topological polar surface area (TPSA) is 119 Å². The normalized spacial score (nSPS) is 16.4. The van der Waals surface area contributed by atoms with E-state index in [1.807, 2.05) is 32.0 Å². The first-order valence-corrected chi connectivity index (χ1v) is 18.7. The lowest BCUT2D eigenvalue weighted by molar-refractivity contribution is -0.238. The Bertz CT molecular complexity index is 1820. The van der Waals surface area contributed by atoms with Crippen LogP contribution in [0.1, 0.15) is 73.8 Å². The van der Waals surface area contributed by atoms with Crippen molar-refractivity contribution in [2.75, 3.05) is 53.0 Å². The number of aliphatic hydroxyl groups excluding tert-OH is 2. The maximum atomic E-state index is 15.4. The van der Waals surface area contributed by atoms with Crippen LogP contribution in [0.25, 0.3) is 16.5 Å². The zero-order chi connectivity index (χ0) is 40.2. The number of unbranched alkanes of at least 4 members (excludes halogenated alkanes) is 1. The molecule has 0 amide bonds. The molecule has 12 heteroatoms. The minimum absolute atomic E-state index is 0.0974. The number of aromatic nitrogens is 2. The molecule has 1 aliphatic rings. The smallest absolute Gasteiger partial charge is 0.282 e. The summed E-state index contributed by atoms with van der Waals surface area (Å²) in [5.41, 5.74) is 1.98. The molecule has 11 nitrogen and oxygen atoms in total. The summed E-state index contributed by atoms with van der Waals surface area (Å²) < 4.78 is 16.5. The Hall–Kier alpha value is -4.20. The molecule has 296 valence electrons. The van der Waals surface area contributed by atoms with Crippen molar-refractivity contribution in [2.24, 2.45) is 4.99 Å². The van der Waals surface area contributed by atoms with E-state index in [9.17, 15) is 15.0 Å². The highest BCUT2D eigenvalue weighted by Crippen LogP contribution is 2.28. The van der Waals surface area contributed by atoms with E-state index in [0.29, 0.717) is 23.2 Å². The highest BCUT2D eigenvalue weighted by atomic mass is 19.1. The van der Waals surface area contributed by atoms with Crippen LogP contribution in [0, 0.1) is 5.82 Å². The van der Waals surface area contributed by atoms with Crippen LogP contribution in [-0.4, -0.2) is 106 Å². The average Bonchev–Trinajstić information content (AvgIpc) is 3.10. The predicted molar refractivity (Wildman–Crippen MR) is 219 cm³/mol. The molecule has 1 aromatic carbocycles. The number of piperazine rings is 1. The zero-order valence-electron chi connectivity index (χ0n) is 33.8. The number of allylic oxidation sites excluding steroid dienone is 7. The average molecular weight is 748 g/mol. The molecule has 0 aliphatic carbocycles. The Labute approximate surface area is 321 Å². The van der Waals surface area contributed by atoms with Gasteiger partial charge in [0.1, 0.15) is 12.0 Å². The fourth-order valence-corrected chi connectivity index (χ4v) is 5.88. The molecular weight excluding hydrogens is 686 g/mol. The van der Waals surface area contributed by atoms with E-state index in [-0.39, 0.29) is 34.2 Å². The van der Waals surface area contributed by atoms with Crippen LogP contribution in [0.15, 0.2) is 94.2 Å². The number of hydrogen-bond acceptors (Lipinski definition) is 10. The minimum atomic E-state index is -0.934. The third kappa shape index (κ3) is 12.2. The van der Waals surface area contributed by atoms with Gasteiger partial charge in [0.25, 0.3) is 5.56 Å². The van der Waals surface area contributed by atoms with Crippen molar-refractivity contribution in [3.63, 3.8) is 0 Å². The molecule has 0 bridgehead atoms. The molecule has 1 saturated heterocycles. The van der Waals surface area contributed by atoms with Gasteiger partial charge in [0.05, 0.1) is 41.9 Å². The summed E-state index contributed by atoms with van der Waals surface area (Å²) in [6, 6.07) is 3.16. The van der Waals surface area contributed by atoms with E-state index in [1.54, 1.807) is 49.4 Å². The second-order valence-electron chi connectivity index (χ2n) is 15.4. The fraction of sp³-hybridized carbons (Fsp3) is 0.500. The number of fused-ring (bicyclic) bond motifs is 1. The van der Waals surface area contributed by atoms with E-state index in [0.717, 1.165) is 55.0 Å². The van der Waals surface area contributed by atoms with E-state index in [4.69, 9.17) is 4.84 Å². The Balaban J connectivity index is 1.75. The lowest BCUT2D eigenvalue weighted by Crippen LogP contribution is -2.48. The number of aliphatic imine (C=N–C) groups is 1. The van der Waals surface area contributed by atoms with Gasteiger partial charge in [0.15, 0.2) is 0 Å². The number of hydrogen-bond donors (Lipinski definition) is 3. The Morgan fingerprint density at radius 3 is 2.44 bits per heavy atom. The maximum Gasteiger partial charge on any atom is 0.282 e. The van der Waals surface area contributed by atoms with E-state index in [2.05, 4.69) is 67.2 Å². The Morgan fingerprint density at radius 1 is 1.19 bits per heavy atom. The largest absolute Gasteiger partial charge is 0.392 e. The van der Waals surface area contributed by atoms with Gasteiger partial charge in [-0.2, -0.15) is 14.8 Å². The molecule has 3 rings (SSSR count). The summed E-state index contributed by atoms with van der Waals surface area (Å²) in [5.74, 6) is -0.640. The summed E-state index contributed by atoms with van der Waals surface area (Å²) in [4.78, 5) is 28.3. The molecule has 1 atom stereocenters. The number of hydroxylamine groups is 2. The van der Waals surface area contributed by atoms with Crippen molar-refractivity contribution in [1.29, 1.82) is 0 Å². The molecule has 0 saturated carbocycles. The number of nitrogens with zero attached hydrogens (tertiary/aromatic N) is 6. The molecule has 2 aromatic rings. The number of rotatable bonds is 17. The lowest BCUT2D eigenvalue weighted by Gasteiger charge is -2.38. The predicted octanol–water partition coefficient (Wildman–Crippen LogP) is 6.14.